The molecule has 0 fully saturated rings. The molecule has 0 amide bonds. The highest BCUT2D eigenvalue weighted by atomic mass is 32.2. The van der Waals surface area contributed by atoms with E-state index in [4.69, 9.17) is 14.6 Å². The van der Waals surface area contributed by atoms with E-state index >= 15 is 0 Å². The van der Waals surface area contributed by atoms with E-state index in [9.17, 15) is 18.0 Å². The number of ether oxygens (including phenoxy) is 2. The molecule has 0 aliphatic rings. The number of hydrogen-bond donors (Lipinski definition) is 1. The quantitative estimate of drug-likeness (QED) is 0.733. The number of carboxylic acids is 1. The maximum atomic E-state index is 12.6. The molecule has 23 heavy (non-hydrogen) atoms. The first-order valence-electron chi connectivity index (χ1n) is 6.72. The Labute approximate surface area is 134 Å². The number of benzene rings is 1. The number of aliphatic carboxylic acids is 1. The Hall–Kier alpha value is -2.13. The first kappa shape index (κ1) is 18.9. The molecule has 0 aliphatic carbocycles. The van der Waals surface area contributed by atoms with Gasteiger partial charge in [-0.1, -0.05) is 0 Å². The molecule has 0 saturated carbocycles. The Morgan fingerprint density at radius 3 is 2.43 bits per heavy atom. The maximum Gasteiger partial charge on any atom is 0.338 e. The molecule has 1 unspecified atom stereocenters. The maximum absolute atomic E-state index is 12.6. The second kappa shape index (κ2) is 7.42. The summed E-state index contributed by atoms with van der Waals surface area (Å²) in [5.74, 6) is -1.97. The third kappa shape index (κ3) is 3.99. The first-order chi connectivity index (χ1) is 10.7. The van der Waals surface area contributed by atoms with E-state index in [1.165, 1.54) is 26.2 Å². The van der Waals surface area contributed by atoms with Gasteiger partial charge in [0, 0.05) is 7.05 Å². The van der Waals surface area contributed by atoms with Crippen molar-refractivity contribution in [3.8, 4) is 5.75 Å². The molecule has 9 heteroatoms. The van der Waals surface area contributed by atoms with Crippen LogP contribution in [0.5, 0.6) is 5.75 Å². The molecular weight excluding hydrogens is 326 g/mol. The molecule has 1 atom stereocenters. The van der Waals surface area contributed by atoms with Gasteiger partial charge in [0.05, 0.1) is 19.3 Å². The molecule has 0 saturated heterocycles. The average Bonchev–Trinajstić information content (AvgIpc) is 2.52. The van der Waals surface area contributed by atoms with Crippen molar-refractivity contribution in [1.82, 2.24) is 4.31 Å². The number of rotatable bonds is 7. The van der Waals surface area contributed by atoms with E-state index in [1.807, 2.05) is 0 Å². The van der Waals surface area contributed by atoms with Crippen LogP contribution in [0.3, 0.4) is 0 Å². The van der Waals surface area contributed by atoms with Crippen LogP contribution in [-0.4, -0.2) is 56.6 Å². The molecule has 1 N–H and O–H groups in total. The van der Waals surface area contributed by atoms with E-state index in [1.54, 1.807) is 6.92 Å². The average molecular weight is 345 g/mol. The van der Waals surface area contributed by atoms with Crippen LogP contribution in [0.4, 0.5) is 0 Å². The minimum Gasteiger partial charge on any atom is -0.495 e. The molecule has 1 rings (SSSR count). The lowest BCUT2D eigenvalue weighted by molar-refractivity contribution is -0.140. The number of carboxylic acid groups (broad SMARTS) is 1. The number of sulfonamides is 1. The fourth-order valence-corrected chi connectivity index (χ4v) is 3.24. The van der Waals surface area contributed by atoms with Crippen molar-refractivity contribution >= 4 is 22.0 Å². The van der Waals surface area contributed by atoms with Gasteiger partial charge >= 0.3 is 11.9 Å². The number of hydrogen-bond acceptors (Lipinski definition) is 6. The zero-order valence-electron chi connectivity index (χ0n) is 13.3. The van der Waals surface area contributed by atoms with Crippen LogP contribution in [0.2, 0.25) is 0 Å². The van der Waals surface area contributed by atoms with Gasteiger partial charge in [-0.3, -0.25) is 4.79 Å². The van der Waals surface area contributed by atoms with Gasteiger partial charge < -0.3 is 14.6 Å². The first-order valence-corrected chi connectivity index (χ1v) is 8.16. The fourth-order valence-electron chi connectivity index (χ4n) is 1.74. The monoisotopic (exact) mass is 345 g/mol. The van der Waals surface area contributed by atoms with Crippen molar-refractivity contribution in [3.63, 3.8) is 0 Å². The number of carbonyl (C=O) groups is 2. The number of likely N-dealkylation sites (N-methyl/N-ethyl adjacent to an activating group) is 1. The fraction of sp³-hybridized carbons (Fsp3) is 0.429. The normalized spacial score (nSPS) is 12.7. The molecule has 0 radical (unpaired) electrons. The summed E-state index contributed by atoms with van der Waals surface area (Å²) in [7, 11) is -1.76. The van der Waals surface area contributed by atoms with Gasteiger partial charge in [-0.05, 0) is 32.0 Å². The molecule has 1 aromatic carbocycles. The predicted molar refractivity (Wildman–Crippen MR) is 81.0 cm³/mol. The van der Waals surface area contributed by atoms with E-state index < -0.39 is 28.0 Å². The minimum atomic E-state index is -4.18. The van der Waals surface area contributed by atoms with Crippen LogP contribution in [-0.2, 0) is 19.6 Å². The van der Waals surface area contributed by atoms with Gasteiger partial charge in [-0.25, -0.2) is 13.2 Å². The highest BCUT2D eigenvalue weighted by Gasteiger charge is 2.32. The lowest BCUT2D eigenvalue weighted by Gasteiger charge is -2.22. The summed E-state index contributed by atoms with van der Waals surface area (Å²) >= 11 is 0. The van der Waals surface area contributed by atoms with Crippen LogP contribution >= 0.6 is 0 Å². The summed E-state index contributed by atoms with van der Waals surface area (Å²) in [5, 5.41) is 8.99. The van der Waals surface area contributed by atoms with Gasteiger partial charge in [0.25, 0.3) is 0 Å². The number of nitrogens with zero attached hydrogens (tertiary/aromatic N) is 1. The highest BCUT2D eigenvalue weighted by Crippen LogP contribution is 2.28. The molecule has 0 spiro atoms. The van der Waals surface area contributed by atoms with Gasteiger partial charge in [0.1, 0.15) is 16.7 Å². The van der Waals surface area contributed by atoms with Gasteiger partial charge in [0.15, 0.2) is 0 Å². The second-order valence-electron chi connectivity index (χ2n) is 4.62. The SMILES string of the molecule is CCOC(=O)c1ccc(OC)c(S(=O)(=O)N(C)C(C)C(=O)O)c1. The Bertz CT molecular complexity index is 699. The Balaban J connectivity index is 3.41. The molecule has 0 bridgehead atoms. The van der Waals surface area contributed by atoms with Crippen molar-refractivity contribution in [2.24, 2.45) is 0 Å². The minimum absolute atomic E-state index is 0.00230. The largest absolute Gasteiger partial charge is 0.495 e. The summed E-state index contributed by atoms with van der Waals surface area (Å²) in [6.07, 6.45) is 0. The second-order valence-corrected chi connectivity index (χ2v) is 6.59. The number of methoxy groups -OCH3 is 1. The van der Waals surface area contributed by atoms with E-state index in [0.29, 0.717) is 4.31 Å². The van der Waals surface area contributed by atoms with Crippen LogP contribution < -0.4 is 4.74 Å². The Morgan fingerprint density at radius 2 is 1.96 bits per heavy atom. The predicted octanol–water partition coefficient (Wildman–Crippen LogP) is 0.965. The summed E-state index contributed by atoms with van der Waals surface area (Å²) in [6.45, 7) is 3.01. The molecule has 0 aromatic heterocycles. The molecule has 0 heterocycles. The number of carbonyl (C=O) groups excluding carboxylic acids is 1. The highest BCUT2D eigenvalue weighted by molar-refractivity contribution is 7.89. The zero-order chi connectivity index (χ0) is 17.8. The Morgan fingerprint density at radius 1 is 1.35 bits per heavy atom. The van der Waals surface area contributed by atoms with E-state index in [0.717, 1.165) is 13.1 Å². The van der Waals surface area contributed by atoms with Gasteiger partial charge in [0.2, 0.25) is 10.0 Å². The van der Waals surface area contributed by atoms with Crippen molar-refractivity contribution < 1.29 is 32.6 Å². The van der Waals surface area contributed by atoms with Gasteiger partial charge in [-0.2, -0.15) is 4.31 Å². The third-order valence-electron chi connectivity index (χ3n) is 3.23. The lowest BCUT2D eigenvalue weighted by atomic mass is 10.2. The van der Waals surface area contributed by atoms with E-state index in [2.05, 4.69) is 0 Å². The zero-order valence-corrected chi connectivity index (χ0v) is 14.1. The topological polar surface area (TPSA) is 110 Å². The standard InChI is InChI=1S/C14H19NO7S/c1-5-22-14(18)10-6-7-11(21-4)12(8-10)23(19,20)15(3)9(2)13(16)17/h6-9H,5H2,1-4H3,(H,16,17). The van der Waals surface area contributed by atoms with Gasteiger partial charge in [-0.15, -0.1) is 0 Å². The molecular formula is C14H19NO7S. The molecule has 0 aliphatic heterocycles. The van der Waals surface area contributed by atoms with Crippen molar-refractivity contribution in [1.29, 1.82) is 0 Å². The lowest BCUT2D eigenvalue weighted by Crippen LogP contribution is -2.40. The smallest absolute Gasteiger partial charge is 0.338 e. The summed E-state index contributed by atoms with van der Waals surface area (Å²) in [5.41, 5.74) is 0.0302. The number of esters is 1. The summed E-state index contributed by atoms with van der Waals surface area (Å²) in [4.78, 5) is 22.5. The Kier molecular flexibility index (Phi) is 6.11. The third-order valence-corrected chi connectivity index (χ3v) is 5.18. The van der Waals surface area contributed by atoms with E-state index in [-0.39, 0.29) is 22.8 Å². The van der Waals surface area contributed by atoms with Crippen molar-refractivity contribution in [2.75, 3.05) is 20.8 Å². The molecule has 1 aromatic rings. The van der Waals surface area contributed by atoms with Crippen molar-refractivity contribution in [2.45, 2.75) is 24.8 Å². The van der Waals surface area contributed by atoms with Crippen molar-refractivity contribution in [3.05, 3.63) is 23.8 Å². The molecule has 8 nitrogen and oxygen atoms in total. The van der Waals surface area contributed by atoms with Crippen LogP contribution in [0.15, 0.2) is 23.1 Å². The summed E-state index contributed by atoms with van der Waals surface area (Å²) < 4.78 is 35.8. The van der Waals surface area contributed by atoms with Crippen LogP contribution in [0.25, 0.3) is 0 Å². The van der Waals surface area contributed by atoms with Crippen LogP contribution in [0, 0.1) is 0 Å². The van der Waals surface area contributed by atoms with Crippen LogP contribution in [0.1, 0.15) is 24.2 Å². The molecule has 128 valence electrons. The summed E-state index contributed by atoms with van der Waals surface area (Å²) in [6, 6.07) is 2.52.